The van der Waals surface area contributed by atoms with E-state index in [0.29, 0.717) is 17.9 Å². The lowest BCUT2D eigenvalue weighted by atomic mass is 10.3. The van der Waals surface area contributed by atoms with Gasteiger partial charge in [0.2, 0.25) is 5.95 Å². The molecule has 2 rings (SSSR count). The lowest BCUT2D eigenvalue weighted by molar-refractivity contribution is 0.0948. The molecule has 1 amide bonds. The molecule has 0 bridgehead atoms. The average Bonchev–Trinajstić information content (AvgIpc) is 2.48. The van der Waals surface area contributed by atoms with Gasteiger partial charge >= 0.3 is 0 Å². The first-order chi connectivity index (χ1) is 10.5. The molecule has 0 saturated heterocycles. The lowest BCUT2D eigenvalue weighted by Crippen LogP contribution is -2.25. The molecule has 1 heterocycles. The Kier molecular flexibility index (Phi) is 4.98. The van der Waals surface area contributed by atoms with Crippen LogP contribution in [0.15, 0.2) is 24.3 Å². The number of aryl methyl sites for hydroxylation is 1. The fourth-order valence-electron chi connectivity index (χ4n) is 1.77. The molecule has 0 fully saturated rings. The van der Waals surface area contributed by atoms with Gasteiger partial charge in [0.1, 0.15) is 5.69 Å². The third-order valence-electron chi connectivity index (χ3n) is 2.80. The van der Waals surface area contributed by atoms with Gasteiger partial charge in [0.15, 0.2) is 11.6 Å². The standard InChI is InChI=1S/C15H16F2N4O/c1-3-6-18-14(22)13-7-9(2)19-15(21-13)20-10-4-5-11(16)12(17)8-10/h4-5,7-8H,3,6H2,1-2H3,(H,18,22)(H,19,20,21). The largest absolute Gasteiger partial charge is 0.351 e. The SMILES string of the molecule is CCCNC(=O)c1cc(C)nc(Nc2ccc(F)c(F)c2)n1. The number of benzene rings is 1. The van der Waals surface area contributed by atoms with Crippen LogP contribution in [0.2, 0.25) is 0 Å². The molecular weight excluding hydrogens is 290 g/mol. The van der Waals surface area contributed by atoms with Crippen molar-refractivity contribution in [3.63, 3.8) is 0 Å². The second-order valence-electron chi connectivity index (χ2n) is 4.73. The second-order valence-corrected chi connectivity index (χ2v) is 4.73. The highest BCUT2D eigenvalue weighted by atomic mass is 19.2. The zero-order valence-electron chi connectivity index (χ0n) is 12.3. The predicted octanol–water partition coefficient (Wildman–Crippen LogP) is 2.95. The quantitative estimate of drug-likeness (QED) is 0.891. The van der Waals surface area contributed by atoms with E-state index in [1.54, 1.807) is 13.0 Å². The molecule has 1 aromatic heterocycles. The molecule has 0 aliphatic heterocycles. The summed E-state index contributed by atoms with van der Waals surface area (Å²) in [6, 6.07) is 4.92. The summed E-state index contributed by atoms with van der Waals surface area (Å²) < 4.78 is 26.1. The van der Waals surface area contributed by atoms with Gasteiger partial charge in [0.25, 0.3) is 5.91 Å². The highest BCUT2D eigenvalue weighted by molar-refractivity contribution is 5.92. The lowest BCUT2D eigenvalue weighted by Gasteiger charge is -2.08. The fraction of sp³-hybridized carbons (Fsp3) is 0.267. The number of nitrogens with zero attached hydrogens (tertiary/aromatic N) is 2. The maximum atomic E-state index is 13.2. The number of halogens is 2. The summed E-state index contributed by atoms with van der Waals surface area (Å²) in [7, 11) is 0. The van der Waals surface area contributed by atoms with E-state index >= 15 is 0 Å². The van der Waals surface area contributed by atoms with E-state index in [1.165, 1.54) is 6.07 Å². The Balaban J connectivity index is 2.22. The van der Waals surface area contributed by atoms with Crippen LogP contribution in [-0.4, -0.2) is 22.4 Å². The molecule has 0 radical (unpaired) electrons. The number of hydrogen-bond donors (Lipinski definition) is 2. The van der Waals surface area contributed by atoms with E-state index in [4.69, 9.17) is 0 Å². The summed E-state index contributed by atoms with van der Waals surface area (Å²) in [6.45, 7) is 4.21. The maximum Gasteiger partial charge on any atom is 0.270 e. The van der Waals surface area contributed by atoms with Crippen LogP contribution in [0.25, 0.3) is 0 Å². The molecule has 0 atom stereocenters. The minimum absolute atomic E-state index is 0.146. The third kappa shape index (κ3) is 3.97. The predicted molar refractivity (Wildman–Crippen MR) is 79.0 cm³/mol. The molecular formula is C15H16F2N4O. The number of carbonyl (C=O) groups is 1. The van der Waals surface area contributed by atoms with Gasteiger partial charge in [-0.3, -0.25) is 4.79 Å². The first kappa shape index (κ1) is 15.8. The Labute approximate surface area is 126 Å². The van der Waals surface area contributed by atoms with Crippen molar-refractivity contribution in [1.82, 2.24) is 15.3 Å². The number of amides is 1. The Hall–Kier alpha value is -2.57. The van der Waals surface area contributed by atoms with Crippen LogP contribution in [0.4, 0.5) is 20.4 Å². The molecule has 7 heteroatoms. The maximum absolute atomic E-state index is 13.2. The normalized spacial score (nSPS) is 10.4. The van der Waals surface area contributed by atoms with Crippen molar-refractivity contribution in [2.24, 2.45) is 0 Å². The molecule has 0 unspecified atom stereocenters. The summed E-state index contributed by atoms with van der Waals surface area (Å²) in [5.41, 5.74) is 1.09. The summed E-state index contributed by atoms with van der Waals surface area (Å²) >= 11 is 0. The van der Waals surface area contributed by atoms with E-state index in [9.17, 15) is 13.6 Å². The van der Waals surface area contributed by atoms with Crippen molar-refractivity contribution < 1.29 is 13.6 Å². The highest BCUT2D eigenvalue weighted by Gasteiger charge is 2.11. The van der Waals surface area contributed by atoms with Crippen molar-refractivity contribution in [1.29, 1.82) is 0 Å². The number of nitrogens with one attached hydrogen (secondary N) is 2. The Bertz CT molecular complexity index is 691. The number of hydrogen-bond acceptors (Lipinski definition) is 4. The van der Waals surface area contributed by atoms with Gasteiger partial charge in [-0.1, -0.05) is 6.92 Å². The monoisotopic (exact) mass is 306 g/mol. The van der Waals surface area contributed by atoms with Crippen LogP contribution in [0.3, 0.4) is 0 Å². The minimum atomic E-state index is -0.974. The molecule has 0 saturated carbocycles. The van der Waals surface area contributed by atoms with Crippen molar-refractivity contribution in [2.45, 2.75) is 20.3 Å². The summed E-state index contributed by atoms with van der Waals surface area (Å²) in [5, 5.41) is 5.47. The molecule has 2 N–H and O–H groups in total. The van der Waals surface area contributed by atoms with Gasteiger partial charge in [0, 0.05) is 24.0 Å². The van der Waals surface area contributed by atoms with E-state index in [-0.39, 0.29) is 17.5 Å². The van der Waals surface area contributed by atoms with Crippen LogP contribution in [0.1, 0.15) is 29.5 Å². The fourth-order valence-corrected chi connectivity index (χ4v) is 1.77. The van der Waals surface area contributed by atoms with Crippen LogP contribution in [0, 0.1) is 18.6 Å². The first-order valence-corrected chi connectivity index (χ1v) is 6.85. The number of rotatable bonds is 5. The van der Waals surface area contributed by atoms with Gasteiger partial charge in [-0.15, -0.1) is 0 Å². The smallest absolute Gasteiger partial charge is 0.270 e. The van der Waals surface area contributed by atoms with Crippen molar-refractivity contribution in [3.05, 3.63) is 47.3 Å². The van der Waals surface area contributed by atoms with Crippen LogP contribution < -0.4 is 10.6 Å². The number of anilines is 2. The molecule has 0 aliphatic carbocycles. The van der Waals surface area contributed by atoms with E-state index in [1.807, 2.05) is 6.92 Å². The molecule has 1 aromatic carbocycles. The van der Waals surface area contributed by atoms with Crippen LogP contribution >= 0.6 is 0 Å². The van der Waals surface area contributed by atoms with Crippen molar-refractivity contribution in [3.8, 4) is 0 Å². The van der Waals surface area contributed by atoms with Gasteiger partial charge < -0.3 is 10.6 Å². The zero-order valence-corrected chi connectivity index (χ0v) is 12.3. The first-order valence-electron chi connectivity index (χ1n) is 6.85. The summed E-state index contributed by atoms with van der Waals surface area (Å²) in [6.07, 6.45) is 0.815. The zero-order chi connectivity index (χ0) is 16.1. The molecule has 116 valence electrons. The van der Waals surface area contributed by atoms with E-state index in [2.05, 4.69) is 20.6 Å². The second kappa shape index (κ2) is 6.93. The third-order valence-corrected chi connectivity index (χ3v) is 2.80. The van der Waals surface area contributed by atoms with Crippen LogP contribution in [-0.2, 0) is 0 Å². The summed E-state index contributed by atoms with van der Waals surface area (Å²) in [5.74, 6) is -2.07. The average molecular weight is 306 g/mol. The van der Waals surface area contributed by atoms with Crippen LogP contribution in [0.5, 0.6) is 0 Å². The van der Waals surface area contributed by atoms with Crippen molar-refractivity contribution >= 4 is 17.5 Å². The minimum Gasteiger partial charge on any atom is -0.351 e. The summed E-state index contributed by atoms with van der Waals surface area (Å²) in [4.78, 5) is 20.1. The van der Waals surface area contributed by atoms with Gasteiger partial charge in [-0.25, -0.2) is 18.7 Å². The van der Waals surface area contributed by atoms with E-state index in [0.717, 1.165) is 18.6 Å². The van der Waals surface area contributed by atoms with Gasteiger partial charge in [-0.05, 0) is 31.5 Å². The van der Waals surface area contributed by atoms with Gasteiger partial charge in [0.05, 0.1) is 0 Å². The Morgan fingerprint density at radius 2 is 1.95 bits per heavy atom. The molecule has 22 heavy (non-hydrogen) atoms. The van der Waals surface area contributed by atoms with E-state index < -0.39 is 11.6 Å². The Morgan fingerprint density at radius 3 is 2.64 bits per heavy atom. The molecule has 2 aromatic rings. The van der Waals surface area contributed by atoms with Crippen molar-refractivity contribution in [2.75, 3.05) is 11.9 Å². The topological polar surface area (TPSA) is 66.9 Å². The Morgan fingerprint density at radius 1 is 1.18 bits per heavy atom. The molecule has 0 aliphatic rings. The van der Waals surface area contributed by atoms with Gasteiger partial charge in [-0.2, -0.15) is 0 Å². The number of carbonyl (C=O) groups excluding carboxylic acids is 1. The highest BCUT2D eigenvalue weighted by Crippen LogP contribution is 2.17. The molecule has 5 nitrogen and oxygen atoms in total. The number of aromatic nitrogens is 2. The molecule has 0 spiro atoms.